The Morgan fingerprint density at radius 2 is 2.06 bits per heavy atom. The molecule has 0 amide bonds. The second kappa shape index (κ2) is 10.0. The van der Waals surface area contributed by atoms with Crippen LogP contribution in [0.15, 0.2) is 41.5 Å². The van der Waals surface area contributed by atoms with Crippen LogP contribution in [-0.2, 0) is 6.61 Å². The first-order valence-corrected chi connectivity index (χ1v) is 10.4. The molecule has 1 aromatic heterocycles. The van der Waals surface area contributed by atoms with E-state index in [1.807, 2.05) is 31.2 Å². The van der Waals surface area contributed by atoms with Gasteiger partial charge in [0.2, 0.25) is 10.9 Å². The molecule has 0 bridgehead atoms. The molecule has 0 saturated carbocycles. The van der Waals surface area contributed by atoms with Gasteiger partial charge in [-0.2, -0.15) is 5.10 Å². The number of ether oxygens (including phenoxy) is 2. The Balaban J connectivity index is 1.83. The van der Waals surface area contributed by atoms with Crippen LogP contribution in [0.5, 0.6) is 11.5 Å². The molecule has 0 saturated heterocycles. The van der Waals surface area contributed by atoms with Crippen LogP contribution in [0.4, 0.5) is 10.8 Å². The minimum absolute atomic E-state index is 0.0486. The number of benzene rings is 2. The van der Waals surface area contributed by atoms with Gasteiger partial charge in [-0.25, -0.2) is 4.98 Å². The molecule has 1 N–H and O–H groups in total. The predicted octanol–water partition coefficient (Wildman–Crippen LogP) is 4.90. The number of hydrogen-bond donors (Lipinski definition) is 1. The van der Waals surface area contributed by atoms with E-state index in [9.17, 15) is 14.9 Å². The minimum Gasteiger partial charge on any atom is -0.493 e. The van der Waals surface area contributed by atoms with Crippen LogP contribution in [-0.4, -0.2) is 29.0 Å². The summed E-state index contributed by atoms with van der Waals surface area (Å²) in [4.78, 5) is 27.5. The molecular formula is C22H22N4O5S. The van der Waals surface area contributed by atoms with E-state index in [1.165, 1.54) is 37.7 Å². The largest absolute Gasteiger partial charge is 0.493 e. The van der Waals surface area contributed by atoms with E-state index in [0.29, 0.717) is 21.3 Å². The maximum atomic E-state index is 11.7. The molecule has 0 atom stereocenters. The lowest BCUT2D eigenvalue weighted by Crippen LogP contribution is -2.04. The third-order valence-corrected chi connectivity index (χ3v) is 5.76. The van der Waals surface area contributed by atoms with Gasteiger partial charge < -0.3 is 9.47 Å². The van der Waals surface area contributed by atoms with E-state index < -0.39 is 4.92 Å². The van der Waals surface area contributed by atoms with Gasteiger partial charge >= 0.3 is 5.69 Å². The van der Waals surface area contributed by atoms with Gasteiger partial charge in [0.15, 0.2) is 11.5 Å². The van der Waals surface area contributed by atoms with Crippen molar-refractivity contribution in [1.29, 1.82) is 0 Å². The topological polar surface area (TPSA) is 116 Å². The summed E-state index contributed by atoms with van der Waals surface area (Å²) in [7, 11) is 1.42. The average Bonchev–Trinajstić information content (AvgIpc) is 3.13. The fourth-order valence-electron chi connectivity index (χ4n) is 2.97. The van der Waals surface area contributed by atoms with E-state index in [2.05, 4.69) is 15.5 Å². The number of thiazole rings is 1. The molecule has 32 heavy (non-hydrogen) atoms. The summed E-state index contributed by atoms with van der Waals surface area (Å²) in [6.45, 7) is 5.33. The maximum Gasteiger partial charge on any atom is 0.315 e. The molecule has 0 radical (unpaired) electrons. The number of Topliss-reactive ketones (excluding diaryl/α,β-unsaturated/α-hetero) is 1. The first kappa shape index (κ1) is 22.9. The maximum absolute atomic E-state index is 11.7. The molecular weight excluding hydrogens is 432 g/mol. The van der Waals surface area contributed by atoms with Crippen LogP contribution in [0.1, 0.15) is 39.0 Å². The Bertz CT molecular complexity index is 1190. The predicted molar refractivity (Wildman–Crippen MR) is 123 cm³/mol. The quantitative estimate of drug-likeness (QED) is 0.211. The lowest BCUT2D eigenvalue weighted by Gasteiger charge is -2.13. The molecule has 10 heteroatoms. The molecule has 2 aromatic carbocycles. The number of ketones is 1. The van der Waals surface area contributed by atoms with Gasteiger partial charge in [-0.3, -0.25) is 20.3 Å². The summed E-state index contributed by atoms with van der Waals surface area (Å²) in [5.74, 6) is 0.198. The van der Waals surface area contributed by atoms with Crippen LogP contribution in [0.2, 0.25) is 0 Å². The second-order valence-corrected chi connectivity index (χ2v) is 7.90. The van der Waals surface area contributed by atoms with Crippen molar-refractivity contribution in [3.63, 3.8) is 0 Å². The summed E-state index contributed by atoms with van der Waals surface area (Å²) in [6.07, 6.45) is 1.41. The monoisotopic (exact) mass is 454 g/mol. The van der Waals surface area contributed by atoms with Gasteiger partial charge in [0.05, 0.1) is 28.8 Å². The zero-order valence-electron chi connectivity index (χ0n) is 18.0. The number of hydrazone groups is 1. The summed E-state index contributed by atoms with van der Waals surface area (Å²) in [5.41, 5.74) is 5.51. The first-order chi connectivity index (χ1) is 15.3. The summed E-state index contributed by atoms with van der Waals surface area (Å²) in [6, 6.07) is 10.6. The van der Waals surface area contributed by atoms with E-state index in [1.54, 1.807) is 13.0 Å². The first-order valence-electron chi connectivity index (χ1n) is 9.61. The van der Waals surface area contributed by atoms with Crippen molar-refractivity contribution in [2.24, 2.45) is 5.10 Å². The molecule has 0 aliphatic heterocycles. The zero-order chi connectivity index (χ0) is 23.3. The van der Waals surface area contributed by atoms with Gasteiger partial charge in [-0.05, 0) is 31.0 Å². The molecule has 3 aromatic rings. The van der Waals surface area contributed by atoms with Gasteiger partial charge in [-0.15, -0.1) is 0 Å². The van der Waals surface area contributed by atoms with E-state index in [4.69, 9.17) is 9.47 Å². The highest BCUT2D eigenvalue weighted by molar-refractivity contribution is 7.17. The van der Waals surface area contributed by atoms with Gasteiger partial charge in [0.25, 0.3) is 0 Å². The number of nitro groups is 1. The molecule has 9 nitrogen and oxygen atoms in total. The van der Waals surface area contributed by atoms with E-state index >= 15 is 0 Å². The summed E-state index contributed by atoms with van der Waals surface area (Å²) < 4.78 is 11.1. The highest BCUT2D eigenvalue weighted by Gasteiger charge is 2.22. The third kappa shape index (κ3) is 5.27. The summed E-state index contributed by atoms with van der Waals surface area (Å²) >= 11 is 1.19. The highest BCUT2D eigenvalue weighted by Crippen LogP contribution is 2.38. The molecule has 1 heterocycles. The number of nitro benzene ring substituents is 1. The van der Waals surface area contributed by atoms with Crippen molar-refractivity contribution >= 4 is 34.2 Å². The van der Waals surface area contributed by atoms with Crippen molar-refractivity contribution < 1.29 is 19.2 Å². The number of anilines is 1. The Labute approximate surface area is 188 Å². The average molecular weight is 455 g/mol. The lowest BCUT2D eigenvalue weighted by atomic mass is 10.1. The molecule has 0 unspecified atom stereocenters. The molecule has 0 aliphatic carbocycles. The zero-order valence-corrected chi connectivity index (χ0v) is 18.9. The van der Waals surface area contributed by atoms with E-state index in [0.717, 1.165) is 11.1 Å². The highest BCUT2D eigenvalue weighted by atomic mass is 32.1. The number of aryl methyl sites for hydroxylation is 2. The van der Waals surface area contributed by atoms with Crippen LogP contribution in [0, 0.1) is 24.0 Å². The third-order valence-electron chi connectivity index (χ3n) is 4.60. The van der Waals surface area contributed by atoms with E-state index in [-0.39, 0.29) is 29.6 Å². The van der Waals surface area contributed by atoms with Crippen LogP contribution >= 0.6 is 11.3 Å². The molecule has 166 valence electrons. The van der Waals surface area contributed by atoms with Gasteiger partial charge in [0.1, 0.15) is 6.61 Å². The Morgan fingerprint density at radius 3 is 2.69 bits per heavy atom. The number of rotatable bonds is 9. The number of nitrogens with zero attached hydrogens (tertiary/aromatic N) is 3. The number of hydrogen-bond acceptors (Lipinski definition) is 9. The second-order valence-electron chi connectivity index (χ2n) is 6.90. The molecule has 0 spiro atoms. The smallest absolute Gasteiger partial charge is 0.315 e. The van der Waals surface area contributed by atoms with Crippen molar-refractivity contribution in [3.8, 4) is 11.5 Å². The van der Waals surface area contributed by atoms with Crippen molar-refractivity contribution in [1.82, 2.24) is 4.98 Å². The number of methoxy groups -OCH3 is 1. The van der Waals surface area contributed by atoms with Crippen molar-refractivity contribution in [2.45, 2.75) is 27.4 Å². The molecule has 3 rings (SSSR count). The standard InChI is InChI=1S/C22H22N4O5S/c1-13-7-5-6-8-17(13)12-31-20-18(26(28)29)9-16(10-19(20)30-4)11-23-25-22-24-14(2)21(32-22)15(3)27/h5-11H,12H2,1-4H3,(H,24,25)/b23-11-. The van der Waals surface area contributed by atoms with Crippen molar-refractivity contribution in [3.05, 3.63) is 73.8 Å². The SMILES string of the molecule is COc1cc(/C=N\Nc2nc(C)c(C(C)=O)s2)cc([N+](=O)[O-])c1OCc1ccccc1C. The normalized spacial score (nSPS) is 10.9. The summed E-state index contributed by atoms with van der Waals surface area (Å²) in [5, 5.41) is 16.2. The van der Waals surface area contributed by atoms with Gasteiger partial charge in [-0.1, -0.05) is 35.6 Å². The number of carbonyl (C=O) groups excluding carboxylic acids is 1. The Kier molecular flexibility index (Phi) is 7.16. The molecule has 0 fully saturated rings. The number of carbonyl (C=O) groups is 1. The number of nitrogens with one attached hydrogen (secondary N) is 1. The Morgan fingerprint density at radius 1 is 1.31 bits per heavy atom. The number of aromatic nitrogens is 1. The van der Waals surface area contributed by atoms with Crippen LogP contribution in [0.3, 0.4) is 0 Å². The minimum atomic E-state index is -0.524. The molecule has 0 aliphatic rings. The lowest BCUT2D eigenvalue weighted by molar-refractivity contribution is -0.386. The fourth-order valence-corrected chi connectivity index (χ4v) is 3.78. The van der Waals surface area contributed by atoms with Crippen molar-refractivity contribution in [2.75, 3.05) is 12.5 Å². The van der Waals surface area contributed by atoms with Crippen LogP contribution in [0.25, 0.3) is 0 Å². The van der Waals surface area contributed by atoms with Crippen LogP contribution < -0.4 is 14.9 Å². The van der Waals surface area contributed by atoms with Gasteiger partial charge in [0, 0.05) is 18.6 Å². The fraction of sp³-hybridized carbons (Fsp3) is 0.227. The Hall–Kier alpha value is -3.79.